The second-order valence-corrected chi connectivity index (χ2v) is 2.32. The molecular formula is C11H24O2. The number of ether oxygens (including phenoxy) is 1. The maximum absolute atomic E-state index is 8.56. The molecule has 80 valence electrons. The van der Waals surface area contributed by atoms with Gasteiger partial charge in [0.15, 0.2) is 0 Å². The first kappa shape index (κ1) is 18.2. The molecule has 0 aromatic heterocycles. The molecule has 1 unspecified atom stereocenters. The summed E-state index contributed by atoms with van der Waals surface area (Å²) in [5, 5.41) is 8.56. The minimum Gasteiger partial charge on any atom is -0.391 e. The molecule has 1 atom stereocenters. The van der Waals surface area contributed by atoms with Crippen molar-refractivity contribution in [1.29, 1.82) is 0 Å². The lowest BCUT2D eigenvalue weighted by molar-refractivity contribution is 0.0527. The van der Waals surface area contributed by atoms with Gasteiger partial charge in [0.1, 0.15) is 0 Å². The summed E-state index contributed by atoms with van der Waals surface area (Å²) >= 11 is 0. The van der Waals surface area contributed by atoms with Crippen molar-refractivity contribution < 1.29 is 9.84 Å². The van der Waals surface area contributed by atoms with E-state index in [4.69, 9.17) is 9.84 Å². The van der Waals surface area contributed by atoms with Gasteiger partial charge in [0.05, 0.1) is 12.7 Å². The van der Waals surface area contributed by atoms with E-state index in [2.05, 4.69) is 13.2 Å². The van der Waals surface area contributed by atoms with Crippen LogP contribution in [-0.2, 0) is 4.74 Å². The minimum atomic E-state index is -0.319. The summed E-state index contributed by atoms with van der Waals surface area (Å²) in [6.45, 7) is 15.2. The van der Waals surface area contributed by atoms with Gasteiger partial charge in [0.25, 0.3) is 0 Å². The summed E-state index contributed by atoms with van der Waals surface area (Å²) in [5.74, 6) is 0. The molecule has 13 heavy (non-hydrogen) atoms. The van der Waals surface area contributed by atoms with Crippen molar-refractivity contribution in [3.63, 3.8) is 0 Å². The molecule has 0 aliphatic carbocycles. The molecule has 0 amide bonds. The fraction of sp³-hybridized carbons (Fsp3) is 0.636. The number of allylic oxidation sites excluding steroid dienone is 2. The van der Waals surface area contributed by atoms with Crippen LogP contribution in [0.15, 0.2) is 25.3 Å². The molecule has 0 aliphatic heterocycles. The zero-order valence-electron chi connectivity index (χ0n) is 9.42. The van der Waals surface area contributed by atoms with Gasteiger partial charge in [-0.1, -0.05) is 12.2 Å². The van der Waals surface area contributed by atoms with E-state index >= 15 is 0 Å². The first-order chi connectivity index (χ1) is 6.10. The highest BCUT2D eigenvalue weighted by molar-refractivity contribution is 4.51. The second-order valence-electron chi connectivity index (χ2n) is 2.32. The Kier molecular flexibility index (Phi) is 31.6. The van der Waals surface area contributed by atoms with E-state index < -0.39 is 0 Å². The molecule has 0 saturated heterocycles. The van der Waals surface area contributed by atoms with Crippen LogP contribution in [-0.4, -0.2) is 24.4 Å². The fourth-order valence-electron chi connectivity index (χ4n) is 0.288. The largest absolute Gasteiger partial charge is 0.391 e. The van der Waals surface area contributed by atoms with Crippen LogP contribution >= 0.6 is 0 Å². The minimum absolute atomic E-state index is 0.319. The molecule has 0 bridgehead atoms. The smallest absolute Gasteiger partial charge is 0.0745 e. The summed E-state index contributed by atoms with van der Waals surface area (Å²) in [6.07, 6.45) is 3.18. The van der Waals surface area contributed by atoms with E-state index in [-0.39, 0.29) is 6.10 Å². The summed E-state index contributed by atoms with van der Waals surface area (Å²) in [5.41, 5.74) is 0. The lowest BCUT2D eigenvalue weighted by Gasteiger charge is -2.00. The average molecular weight is 188 g/mol. The molecule has 0 aromatic carbocycles. The molecule has 2 nitrogen and oxygen atoms in total. The van der Waals surface area contributed by atoms with E-state index in [0.29, 0.717) is 13.2 Å². The van der Waals surface area contributed by atoms with Crippen LogP contribution in [0.5, 0.6) is 0 Å². The molecule has 1 N–H and O–H groups in total. The van der Waals surface area contributed by atoms with Crippen LogP contribution in [0.3, 0.4) is 0 Å². The van der Waals surface area contributed by atoms with Gasteiger partial charge in [0.2, 0.25) is 0 Å². The molecule has 0 fully saturated rings. The SMILES string of the molecule is C=CC.C=CC.CCOCC(C)O. The number of aliphatic hydroxyl groups is 1. The standard InChI is InChI=1S/C5H12O2.2C3H6/c1-3-7-4-5(2)6;2*1-3-2/h5-6H,3-4H2,1-2H3;2*3H,1H2,2H3. The highest BCUT2D eigenvalue weighted by atomic mass is 16.5. The van der Waals surface area contributed by atoms with Crippen molar-refractivity contribution >= 4 is 0 Å². The Bertz CT molecular complexity index is 82.1. The highest BCUT2D eigenvalue weighted by Gasteiger charge is 1.89. The summed E-state index contributed by atoms with van der Waals surface area (Å²) < 4.78 is 4.84. The van der Waals surface area contributed by atoms with Gasteiger partial charge in [-0.25, -0.2) is 0 Å². The molecule has 0 spiro atoms. The Morgan fingerprint density at radius 1 is 1.31 bits per heavy atom. The highest BCUT2D eigenvalue weighted by Crippen LogP contribution is 1.79. The van der Waals surface area contributed by atoms with Gasteiger partial charge in [-0.3, -0.25) is 0 Å². The van der Waals surface area contributed by atoms with Crippen molar-refractivity contribution in [3.8, 4) is 0 Å². The summed E-state index contributed by atoms with van der Waals surface area (Å²) in [4.78, 5) is 0. The van der Waals surface area contributed by atoms with Crippen LogP contribution in [0, 0.1) is 0 Å². The van der Waals surface area contributed by atoms with Crippen molar-refractivity contribution in [3.05, 3.63) is 25.3 Å². The van der Waals surface area contributed by atoms with Crippen LogP contribution in [0.4, 0.5) is 0 Å². The predicted octanol–water partition coefficient (Wildman–Crippen LogP) is 2.79. The Balaban J connectivity index is -0.000000140. The summed E-state index contributed by atoms with van der Waals surface area (Å²) in [7, 11) is 0. The first-order valence-electron chi connectivity index (χ1n) is 4.50. The molecule has 0 saturated carbocycles. The van der Waals surface area contributed by atoms with Crippen molar-refractivity contribution in [2.75, 3.05) is 13.2 Å². The Morgan fingerprint density at radius 2 is 1.62 bits per heavy atom. The summed E-state index contributed by atoms with van der Waals surface area (Å²) in [6, 6.07) is 0. The lowest BCUT2D eigenvalue weighted by Crippen LogP contribution is -2.09. The van der Waals surface area contributed by atoms with Gasteiger partial charge in [-0.15, -0.1) is 13.2 Å². The molecule has 0 aliphatic rings. The molecule has 0 rings (SSSR count). The van der Waals surface area contributed by atoms with Gasteiger partial charge in [-0.2, -0.15) is 0 Å². The second kappa shape index (κ2) is 22.5. The Hall–Kier alpha value is -0.600. The van der Waals surface area contributed by atoms with E-state index in [1.165, 1.54) is 0 Å². The molecular weight excluding hydrogens is 164 g/mol. The molecule has 0 heterocycles. The maximum Gasteiger partial charge on any atom is 0.0745 e. The zero-order valence-corrected chi connectivity index (χ0v) is 9.42. The third-order valence-electron chi connectivity index (χ3n) is 0.563. The zero-order chi connectivity index (χ0) is 11.1. The quantitative estimate of drug-likeness (QED) is 0.690. The van der Waals surface area contributed by atoms with Gasteiger partial charge in [0, 0.05) is 6.61 Å². The number of aliphatic hydroxyl groups excluding tert-OH is 1. The van der Waals surface area contributed by atoms with Crippen LogP contribution in [0.2, 0.25) is 0 Å². The Morgan fingerprint density at radius 3 is 1.69 bits per heavy atom. The van der Waals surface area contributed by atoms with E-state index in [1.54, 1.807) is 19.1 Å². The maximum atomic E-state index is 8.56. The van der Waals surface area contributed by atoms with E-state index in [0.717, 1.165) is 0 Å². The molecule has 0 radical (unpaired) electrons. The lowest BCUT2D eigenvalue weighted by atomic mass is 10.4. The monoisotopic (exact) mass is 188 g/mol. The number of hydrogen-bond donors (Lipinski definition) is 1. The molecule has 2 heteroatoms. The van der Waals surface area contributed by atoms with Gasteiger partial charge in [-0.05, 0) is 27.7 Å². The van der Waals surface area contributed by atoms with Crippen LogP contribution < -0.4 is 0 Å². The fourth-order valence-corrected chi connectivity index (χ4v) is 0.288. The predicted molar refractivity (Wildman–Crippen MR) is 59.9 cm³/mol. The van der Waals surface area contributed by atoms with Crippen LogP contribution in [0.1, 0.15) is 27.7 Å². The van der Waals surface area contributed by atoms with Gasteiger partial charge >= 0.3 is 0 Å². The first-order valence-corrected chi connectivity index (χ1v) is 4.50. The normalized spacial score (nSPS) is 9.62. The van der Waals surface area contributed by atoms with E-state index in [1.807, 2.05) is 20.8 Å². The molecule has 0 aromatic rings. The number of hydrogen-bond acceptors (Lipinski definition) is 2. The third kappa shape index (κ3) is 87.1. The van der Waals surface area contributed by atoms with Crippen molar-refractivity contribution in [2.24, 2.45) is 0 Å². The van der Waals surface area contributed by atoms with Gasteiger partial charge < -0.3 is 9.84 Å². The Labute approximate surface area is 82.9 Å². The number of rotatable bonds is 3. The van der Waals surface area contributed by atoms with Crippen molar-refractivity contribution in [2.45, 2.75) is 33.8 Å². The van der Waals surface area contributed by atoms with Crippen molar-refractivity contribution in [1.82, 2.24) is 0 Å². The van der Waals surface area contributed by atoms with Crippen LogP contribution in [0.25, 0.3) is 0 Å². The van der Waals surface area contributed by atoms with E-state index in [9.17, 15) is 0 Å². The third-order valence-corrected chi connectivity index (χ3v) is 0.563. The topological polar surface area (TPSA) is 29.5 Å². The average Bonchev–Trinajstić information content (AvgIpc) is 2.04.